The fraction of sp³-hybridized carbons (Fsp3) is 0.400. The van der Waals surface area contributed by atoms with Crippen molar-refractivity contribution >= 4 is 17.4 Å². The van der Waals surface area contributed by atoms with Gasteiger partial charge in [-0.3, -0.25) is 4.79 Å². The zero-order valence-electron chi connectivity index (χ0n) is 8.45. The topological polar surface area (TPSA) is 68.0 Å². The quantitative estimate of drug-likeness (QED) is 0.766. The van der Waals surface area contributed by atoms with E-state index in [0.717, 1.165) is 0 Å². The zero-order chi connectivity index (χ0) is 10.6. The summed E-state index contributed by atoms with van der Waals surface area (Å²) in [5.41, 5.74) is 6.05. The summed E-state index contributed by atoms with van der Waals surface area (Å²) >= 11 is 0. The highest BCUT2D eigenvalue weighted by Crippen LogP contribution is 2.07. The van der Waals surface area contributed by atoms with Gasteiger partial charge < -0.3 is 11.1 Å². The Morgan fingerprint density at radius 2 is 2.29 bits per heavy atom. The molecule has 1 amide bonds. The number of nitrogens with two attached hydrogens (primary N) is 1. The van der Waals surface area contributed by atoms with Crippen molar-refractivity contribution in [2.45, 2.75) is 20.3 Å². The SMILES string of the molecule is CC(C)CC(=O)Nc1ccc(N)cn1. The Kier molecular flexibility index (Phi) is 3.45. The Hall–Kier alpha value is -1.58. The van der Waals surface area contributed by atoms with Gasteiger partial charge in [0.1, 0.15) is 5.82 Å². The van der Waals surface area contributed by atoms with E-state index in [9.17, 15) is 4.79 Å². The minimum atomic E-state index is -0.0164. The maximum Gasteiger partial charge on any atom is 0.225 e. The lowest BCUT2D eigenvalue weighted by Crippen LogP contribution is -2.14. The Labute approximate surface area is 83.5 Å². The number of nitrogen functional groups attached to an aromatic ring is 1. The molecule has 0 saturated carbocycles. The molecule has 0 aliphatic heterocycles. The molecule has 4 nitrogen and oxygen atoms in total. The van der Waals surface area contributed by atoms with Crippen molar-refractivity contribution in [1.29, 1.82) is 0 Å². The molecule has 3 N–H and O–H groups in total. The predicted molar refractivity (Wildman–Crippen MR) is 56.7 cm³/mol. The molecule has 4 heteroatoms. The van der Waals surface area contributed by atoms with E-state index in [1.807, 2.05) is 13.8 Å². The highest BCUT2D eigenvalue weighted by Gasteiger charge is 2.05. The summed E-state index contributed by atoms with van der Waals surface area (Å²) in [6, 6.07) is 3.39. The van der Waals surface area contributed by atoms with Crippen LogP contribution in [0.1, 0.15) is 20.3 Å². The number of hydrogen-bond acceptors (Lipinski definition) is 3. The van der Waals surface area contributed by atoms with Gasteiger partial charge in [-0.15, -0.1) is 0 Å². The molecule has 76 valence electrons. The van der Waals surface area contributed by atoms with Crippen LogP contribution in [-0.4, -0.2) is 10.9 Å². The maximum absolute atomic E-state index is 11.3. The molecule has 0 aromatic carbocycles. The second-order valence-corrected chi connectivity index (χ2v) is 3.62. The van der Waals surface area contributed by atoms with Crippen LogP contribution in [0.15, 0.2) is 18.3 Å². The van der Waals surface area contributed by atoms with Gasteiger partial charge in [0.15, 0.2) is 0 Å². The third kappa shape index (κ3) is 3.43. The summed E-state index contributed by atoms with van der Waals surface area (Å²) in [6.07, 6.45) is 2.02. The van der Waals surface area contributed by atoms with E-state index in [1.54, 1.807) is 12.1 Å². The average Bonchev–Trinajstić information content (AvgIpc) is 2.07. The molecule has 0 atom stereocenters. The summed E-state index contributed by atoms with van der Waals surface area (Å²) in [6.45, 7) is 3.99. The number of nitrogens with zero attached hydrogens (tertiary/aromatic N) is 1. The third-order valence-corrected chi connectivity index (χ3v) is 1.65. The van der Waals surface area contributed by atoms with Crippen LogP contribution in [0.3, 0.4) is 0 Å². The lowest BCUT2D eigenvalue weighted by molar-refractivity contribution is -0.116. The second-order valence-electron chi connectivity index (χ2n) is 3.62. The average molecular weight is 193 g/mol. The van der Waals surface area contributed by atoms with Crippen LogP contribution in [0.25, 0.3) is 0 Å². The fourth-order valence-corrected chi connectivity index (χ4v) is 1.04. The Balaban J connectivity index is 2.52. The molecule has 0 spiro atoms. The molecule has 1 heterocycles. The standard InChI is InChI=1S/C10H15N3O/c1-7(2)5-10(14)13-9-4-3-8(11)6-12-9/h3-4,6-7H,5,11H2,1-2H3,(H,12,13,14). The first-order chi connectivity index (χ1) is 6.58. The van der Waals surface area contributed by atoms with Crippen molar-refractivity contribution in [1.82, 2.24) is 4.98 Å². The van der Waals surface area contributed by atoms with E-state index < -0.39 is 0 Å². The van der Waals surface area contributed by atoms with Gasteiger partial charge in [-0.1, -0.05) is 13.8 Å². The van der Waals surface area contributed by atoms with E-state index in [4.69, 9.17) is 5.73 Å². The largest absolute Gasteiger partial charge is 0.397 e. The number of carbonyl (C=O) groups excluding carboxylic acids is 1. The smallest absolute Gasteiger partial charge is 0.225 e. The number of hydrogen-bond donors (Lipinski definition) is 2. The molecule has 0 unspecified atom stereocenters. The highest BCUT2D eigenvalue weighted by molar-refractivity contribution is 5.89. The van der Waals surface area contributed by atoms with Crippen molar-refractivity contribution in [2.75, 3.05) is 11.1 Å². The van der Waals surface area contributed by atoms with Gasteiger partial charge in [0.25, 0.3) is 0 Å². The van der Waals surface area contributed by atoms with Gasteiger partial charge in [0.2, 0.25) is 5.91 Å². The number of anilines is 2. The van der Waals surface area contributed by atoms with E-state index in [1.165, 1.54) is 6.20 Å². The first kappa shape index (κ1) is 10.5. The lowest BCUT2D eigenvalue weighted by atomic mass is 10.1. The zero-order valence-corrected chi connectivity index (χ0v) is 8.45. The van der Waals surface area contributed by atoms with Crippen LogP contribution in [0.5, 0.6) is 0 Å². The number of carbonyl (C=O) groups is 1. The van der Waals surface area contributed by atoms with Crippen molar-refractivity contribution < 1.29 is 4.79 Å². The molecule has 0 aliphatic carbocycles. The Morgan fingerprint density at radius 3 is 2.79 bits per heavy atom. The normalized spacial score (nSPS) is 10.2. The van der Waals surface area contributed by atoms with Gasteiger partial charge in [0, 0.05) is 6.42 Å². The molecular weight excluding hydrogens is 178 g/mol. The van der Waals surface area contributed by atoms with E-state index in [2.05, 4.69) is 10.3 Å². The van der Waals surface area contributed by atoms with Crippen LogP contribution < -0.4 is 11.1 Å². The molecule has 14 heavy (non-hydrogen) atoms. The van der Waals surface area contributed by atoms with E-state index in [-0.39, 0.29) is 5.91 Å². The monoisotopic (exact) mass is 193 g/mol. The minimum Gasteiger partial charge on any atom is -0.397 e. The van der Waals surface area contributed by atoms with Crippen LogP contribution in [0.4, 0.5) is 11.5 Å². The number of aromatic nitrogens is 1. The van der Waals surface area contributed by atoms with Crippen molar-refractivity contribution in [2.24, 2.45) is 5.92 Å². The van der Waals surface area contributed by atoms with Crippen molar-refractivity contribution in [3.63, 3.8) is 0 Å². The van der Waals surface area contributed by atoms with Crippen LogP contribution >= 0.6 is 0 Å². The predicted octanol–water partition coefficient (Wildman–Crippen LogP) is 1.65. The van der Waals surface area contributed by atoms with E-state index in [0.29, 0.717) is 23.8 Å². The minimum absolute atomic E-state index is 0.0164. The molecule has 0 saturated heterocycles. The molecule has 1 rings (SSSR count). The Bertz CT molecular complexity index is 306. The first-order valence-electron chi connectivity index (χ1n) is 4.59. The fourth-order valence-electron chi connectivity index (χ4n) is 1.04. The number of pyridine rings is 1. The molecule has 1 aromatic heterocycles. The highest BCUT2D eigenvalue weighted by atomic mass is 16.1. The molecule has 0 radical (unpaired) electrons. The van der Waals surface area contributed by atoms with E-state index >= 15 is 0 Å². The summed E-state index contributed by atoms with van der Waals surface area (Å²) in [5.74, 6) is 0.880. The third-order valence-electron chi connectivity index (χ3n) is 1.65. The van der Waals surface area contributed by atoms with Gasteiger partial charge >= 0.3 is 0 Å². The Morgan fingerprint density at radius 1 is 1.57 bits per heavy atom. The summed E-state index contributed by atoms with van der Waals surface area (Å²) < 4.78 is 0. The van der Waals surface area contributed by atoms with Gasteiger partial charge in [0.05, 0.1) is 11.9 Å². The lowest BCUT2D eigenvalue weighted by Gasteiger charge is -2.05. The molecule has 0 fully saturated rings. The molecule has 1 aromatic rings. The number of rotatable bonds is 3. The van der Waals surface area contributed by atoms with Gasteiger partial charge in [-0.05, 0) is 18.1 Å². The van der Waals surface area contributed by atoms with Gasteiger partial charge in [-0.25, -0.2) is 4.98 Å². The van der Waals surface area contributed by atoms with Crippen LogP contribution in [0.2, 0.25) is 0 Å². The number of amides is 1. The summed E-state index contributed by atoms with van der Waals surface area (Å²) in [4.78, 5) is 15.3. The molecule has 0 aliphatic rings. The summed E-state index contributed by atoms with van der Waals surface area (Å²) in [5, 5.41) is 2.69. The van der Waals surface area contributed by atoms with Crippen LogP contribution in [0, 0.1) is 5.92 Å². The summed E-state index contributed by atoms with van der Waals surface area (Å²) in [7, 11) is 0. The van der Waals surface area contributed by atoms with Crippen molar-refractivity contribution in [3.05, 3.63) is 18.3 Å². The second kappa shape index (κ2) is 4.60. The van der Waals surface area contributed by atoms with Gasteiger partial charge in [-0.2, -0.15) is 0 Å². The molecule has 0 bridgehead atoms. The molecular formula is C10H15N3O. The maximum atomic E-state index is 11.3. The number of nitrogens with one attached hydrogen (secondary N) is 1. The van der Waals surface area contributed by atoms with Crippen molar-refractivity contribution in [3.8, 4) is 0 Å². The van der Waals surface area contributed by atoms with Crippen LogP contribution in [-0.2, 0) is 4.79 Å². The first-order valence-corrected chi connectivity index (χ1v) is 4.59.